The van der Waals surface area contributed by atoms with Crippen molar-refractivity contribution in [1.82, 2.24) is 5.32 Å². The Kier molecular flexibility index (Phi) is 2.50. The van der Waals surface area contributed by atoms with Gasteiger partial charge in [0, 0.05) is 12.1 Å². The van der Waals surface area contributed by atoms with E-state index in [4.69, 9.17) is 0 Å². The molecule has 0 aliphatic carbocycles. The SMILES string of the molecule is COC(=O)C[C@@H]1N[C@H]1c1ccccc1. The molecule has 2 atom stereocenters. The minimum absolute atomic E-state index is 0.152. The summed E-state index contributed by atoms with van der Waals surface area (Å²) in [5.74, 6) is -0.152. The second kappa shape index (κ2) is 3.80. The molecule has 1 aromatic rings. The highest BCUT2D eigenvalue weighted by Gasteiger charge is 2.38. The predicted molar refractivity (Wildman–Crippen MR) is 52.7 cm³/mol. The average Bonchev–Trinajstić information content (AvgIpc) is 2.98. The monoisotopic (exact) mass is 191 g/mol. The molecular weight excluding hydrogens is 178 g/mol. The molecule has 1 N–H and O–H groups in total. The normalized spacial score (nSPS) is 24.4. The van der Waals surface area contributed by atoms with E-state index in [0.717, 1.165) is 0 Å². The van der Waals surface area contributed by atoms with Crippen LogP contribution in [-0.2, 0) is 9.53 Å². The van der Waals surface area contributed by atoms with Gasteiger partial charge in [-0.05, 0) is 5.56 Å². The number of rotatable bonds is 3. The van der Waals surface area contributed by atoms with Crippen LogP contribution in [-0.4, -0.2) is 19.1 Å². The first-order valence-corrected chi connectivity index (χ1v) is 4.69. The highest BCUT2D eigenvalue weighted by Crippen LogP contribution is 2.31. The summed E-state index contributed by atoms with van der Waals surface area (Å²) < 4.78 is 4.61. The van der Waals surface area contributed by atoms with Crippen molar-refractivity contribution in [2.24, 2.45) is 0 Å². The van der Waals surface area contributed by atoms with Gasteiger partial charge in [0.15, 0.2) is 0 Å². The molecule has 14 heavy (non-hydrogen) atoms. The van der Waals surface area contributed by atoms with E-state index in [1.54, 1.807) is 0 Å². The van der Waals surface area contributed by atoms with Gasteiger partial charge in [-0.1, -0.05) is 30.3 Å². The number of carbonyl (C=O) groups excluding carboxylic acids is 1. The van der Waals surface area contributed by atoms with E-state index in [0.29, 0.717) is 12.5 Å². The molecule has 1 saturated heterocycles. The Morgan fingerprint density at radius 3 is 2.79 bits per heavy atom. The number of methoxy groups -OCH3 is 1. The smallest absolute Gasteiger partial charge is 0.307 e. The lowest BCUT2D eigenvalue weighted by atomic mass is 10.1. The van der Waals surface area contributed by atoms with Crippen LogP contribution in [0, 0.1) is 0 Å². The fourth-order valence-electron chi connectivity index (χ4n) is 1.60. The molecule has 0 amide bonds. The van der Waals surface area contributed by atoms with Crippen molar-refractivity contribution in [3.63, 3.8) is 0 Å². The molecule has 74 valence electrons. The lowest BCUT2D eigenvalue weighted by Gasteiger charge is -1.97. The van der Waals surface area contributed by atoms with Gasteiger partial charge in [-0.15, -0.1) is 0 Å². The largest absolute Gasteiger partial charge is 0.469 e. The summed E-state index contributed by atoms with van der Waals surface area (Å²) in [6, 6.07) is 10.7. The van der Waals surface area contributed by atoms with Crippen LogP contribution in [0.15, 0.2) is 30.3 Å². The first-order valence-electron chi connectivity index (χ1n) is 4.69. The summed E-state index contributed by atoms with van der Waals surface area (Å²) in [6.45, 7) is 0. The van der Waals surface area contributed by atoms with Gasteiger partial charge in [-0.3, -0.25) is 4.79 Å². The standard InChI is InChI=1S/C11H13NO2/c1-14-10(13)7-9-11(12-9)8-5-3-2-4-6-8/h2-6,9,11-12H,7H2,1H3/t9-,11-/m0/s1. The lowest BCUT2D eigenvalue weighted by Crippen LogP contribution is -2.05. The summed E-state index contributed by atoms with van der Waals surface area (Å²) in [5, 5.41) is 3.25. The zero-order valence-corrected chi connectivity index (χ0v) is 8.07. The Labute approximate surface area is 83.1 Å². The third kappa shape index (κ3) is 1.93. The van der Waals surface area contributed by atoms with Crippen LogP contribution in [0.1, 0.15) is 18.0 Å². The third-order valence-corrected chi connectivity index (χ3v) is 2.46. The minimum Gasteiger partial charge on any atom is -0.469 e. The van der Waals surface area contributed by atoms with E-state index in [-0.39, 0.29) is 12.0 Å². The number of ether oxygens (including phenoxy) is 1. The van der Waals surface area contributed by atoms with Crippen molar-refractivity contribution in [2.45, 2.75) is 18.5 Å². The van der Waals surface area contributed by atoms with Gasteiger partial charge < -0.3 is 10.1 Å². The van der Waals surface area contributed by atoms with Crippen molar-refractivity contribution in [3.8, 4) is 0 Å². The molecule has 1 aromatic carbocycles. The van der Waals surface area contributed by atoms with Crippen molar-refractivity contribution >= 4 is 5.97 Å². The second-order valence-electron chi connectivity index (χ2n) is 3.44. The van der Waals surface area contributed by atoms with Crippen LogP contribution in [0.5, 0.6) is 0 Å². The molecule has 1 heterocycles. The molecule has 0 radical (unpaired) electrons. The summed E-state index contributed by atoms with van der Waals surface area (Å²) in [5.41, 5.74) is 1.24. The van der Waals surface area contributed by atoms with Crippen LogP contribution in [0.3, 0.4) is 0 Å². The zero-order chi connectivity index (χ0) is 9.97. The van der Waals surface area contributed by atoms with Gasteiger partial charge in [-0.2, -0.15) is 0 Å². The molecule has 0 saturated carbocycles. The van der Waals surface area contributed by atoms with E-state index in [1.165, 1.54) is 12.7 Å². The maximum absolute atomic E-state index is 11.0. The first kappa shape index (κ1) is 9.21. The van der Waals surface area contributed by atoms with Gasteiger partial charge >= 0.3 is 5.97 Å². The fraction of sp³-hybridized carbons (Fsp3) is 0.364. The molecule has 0 bridgehead atoms. The van der Waals surface area contributed by atoms with E-state index < -0.39 is 0 Å². The molecule has 3 nitrogen and oxygen atoms in total. The molecule has 0 aromatic heterocycles. The predicted octanol–water partition coefficient (Wildman–Crippen LogP) is 1.26. The van der Waals surface area contributed by atoms with E-state index >= 15 is 0 Å². The Bertz CT molecular complexity index is 323. The summed E-state index contributed by atoms with van der Waals surface area (Å²) in [6.07, 6.45) is 0.454. The second-order valence-corrected chi connectivity index (χ2v) is 3.44. The Hall–Kier alpha value is -1.35. The molecule has 1 aliphatic rings. The van der Waals surface area contributed by atoms with Crippen molar-refractivity contribution in [3.05, 3.63) is 35.9 Å². The molecule has 1 aliphatic heterocycles. The van der Waals surface area contributed by atoms with E-state index in [2.05, 4.69) is 22.2 Å². The number of carbonyl (C=O) groups is 1. The van der Waals surface area contributed by atoms with Gasteiger partial charge in [0.25, 0.3) is 0 Å². The van der Waals surface area contributed by atoms with E-state index in [9.17, 15) is 4.79 Å². The molecule has 0 spiro atoms. The molecule has 3 heteroatoms. The molecule has 2 rings (SSSR count). The third-order valence-electron chi connectivity index (χ3n) is 2.46. The highest BCUT2D eigenvalue weighted by molar-refractivity contribution is 5.70. The Morgan fingerprint density at radius 2 is 2.14 bits per heavy atom. The fourth-order valence-corrected chi connectivity index (χ4v) is 1.60. The number of hydrogen-bond acceptors (Lipinski definition) is 3. The van der Waals surface area contributed by atoms with Gasteiger partial charge in [0.05, 0.1) is 13.5 Å². The van der Waals surface area contributed by atoms with Gasteiger partial charge in [0.2, 0.25) is 0 Å². The first-order chi connectivity index (χ1) is 6.81. The van der Waals surface area contributed by atoms with Crippen LogP contribution in [0.25, 0.3) is 0 Å². The maximum Gasteiger partial charge on any atom is 0.307 e. The summed E-state index contributed by atoms with van der Waals surface area (Å²) in [4.78, 5) is 11.0. The molecular formula is C11H13NO2. The highest BCUT2D eigenvalue weighted by atomic mass is 16.5. The van der Waals surface area contributed by atoms with Crippen LogP contribution in [0.2, 0.25) is 0 Å². The van der Waals surface area contributed by atoms with Gasteiger partial charge in [-0.25, -0.2) is 0 Å². The van der Waals surface area contributed by atoms with Crippen LogP contribution >= 0.6 is 0 Å². The Balaban J connectivity index is 1.91. The molecule has 0 unspecified atom stereocenters. The number of hydrogen-bond donors (Lipinski definition) is 1. The van der Waals surface area contributed by atoms with E-state index in [1.807, 2.05) is 18.2 Å². The minimum atomic E-state index is -0.152. The molecule has 1 fully saturated rings. The quantitative estimate of drug-likeness (QED) is 0.578. The summed E-state index contributed by atoms with van der Waals surface area (Å²) >= 11 is 0. The van der Waals surface area contributed by atoms with Crippen molar-refractivity contribution < 1.29 is 9.53 Å². The van der Waals surface area contributed by atoms with Crippen molar-refractivity contribution in [2.75, 3.05) is 7.11 Å². The average molecular weight is 191 g/mol. The number of esters is 1. The zero-order valence-electron chi connectivity index (χ0n) is 8.07. The maximum atomic E-state index is 11.0. The van der Waals surface area contributed by atoms with Gasteiger partial charge in [0.1, 0.15) is 0 Å². The van der Waals surface area contributed by atoms with Crippen LogP contribution < -0.4 is 5.32 Å². The Morgan fingerprint density at radius 1 is 1.43 bits per heavy atom. The van der Waals surface area contributed by atoms with Crippen molar-refractivity contribution in [1.29, 1.82) is 0 Å². The number of nitrogens with one attached hydrogen (secondary N) is 1. The van der Waals surface area contributed by atoms with Crippen LogP contribution in [0.4, 0.5) is 0 Å². The topological polar surface area (TPSA) is 48.2 Å². The summed E-state index contributed by atoms with van der Waals surface area (Å²) in [7, 11) is 1.42. The lowest BCUT2D eigenvalue weighted by molar-refractivity contribution is -0.140. The number of benzene rings is 1.